The molecule has 25 heavy (non-hydrogen) atoms. The number of aromatic nitrogens is 1. The van der Waals surface area contributed by atoms with E-state index in [-0.39, 0.29) is 11.3 Å². The number of rotatable bonds is 6. The van der Waals surface area contributed by atoms with Gasteiger partial charge in [-0.25, -0.2) is 13.1 Å². The van der Waals surface area contributed by atoms with Gasteiger partial charge < -0.3 is 14.9 Å². The number of hydrogen-bond acceptors (Lipinski definition) is 4. The third-order valence-electron chi connectivity index (χ3n) is 3.80. The lowest BCUT2D eigenvalue weighted by Crippen LogP contribution is -2.49. The molecule has 3 aromatic rings. The molecule has 2 aromatic carbocycles. The minimum absolute atomic E-state index is 0.0425. The average Bonchev–Trinajstić information content (AvgIpc) is 2.97. The van der Waals surface area contributed by atoms with Gasteiger partial charge in [0.25, 0.3) is 0 Å². The van der Waals surface area contributed by atoms with Gasteiger partial charge in [-0.05, 0) is 42.3 Å². The molecular weight excluding hydrogens is 364 g/mol. The van der Waals surface area contributed by atoms with Crippen molar-refractivity contribution in [1.82, 2.24) is 9.71 Å². The summed E-state index contributed by atoms with van der Waals surface area (Å²) in [6.07, 6.45) is 1.62. The van der Waals surface area contributed by atoms with Crippen LogP contribution in [0.15, 0.2) is 59.6 Å². The smallest absolute Gasteiger partial charge is 0.241 e. The molecule has 0 unspecified atom stereocenters. The van der Waals surface area contributed by atoms with Crippen LogP contribution < -0.4 is 9.83 Å². The van der Waals surface area contributed by atoms with E-state index in [1.807, 2.05) is 24.3 Å². The van der Waals surface area contributed by atoms with Crippen molar-refractivity contribution in [3.05, 3.63) is 65.3 Å². The Bertz CT molecular complexity index is 1010. The number of hydrogen-bond donors (Lipinski definition) is 2. The molecule has 0 amide bonds. The van der Waals surface area contributed by atoms with E-state index < -0.39 is 22.0 Å². The van der Waals surface area contributed by atoms with E-state index in [9.17, 15) is 18.3 Å². The summed E-state index contributed by atoms with van der Waals surface area (Å²) in [7, 11) is -4.02. The van der Waals surface area contributed by atoms with E-state index in [0.717, 1.165) is 10.9 Å². The highest BCUT2D eigenvalue weighted by atomic mass is 35.5. The van der Waals surface area contributed by atoms with Crippen molar-refractivity contribution >= 4 is 38.5 Å². The zero-order chi connectivity index (χ0) is 18.0. The second-order valence-corrected chi connectivity index (χ2v) is 7.66. The normalized spacial score (nSPS) is 13.0. The molecule has 0 saturated carbocycles. The van der Waals surface area contributed by atoms with Crippen molar-refractivity contribution in [2.75, 3.05) is 0 Å². The molecule has 0 spiro atoms. The standard InChI is InChI=1S/C17H15ClN2O4S/c18-12-5-7-13(8-6-12)25(23,24)20-16(17(21)22)9-11-10-19-15-4-2-1-3-14(11)15/h1-8,10,16,19-20H,9H2,(H,21,22)/p-1/t16-/m1/s1. The van der Waals surface area contributed by atoms with Crippen molar-refractivity contribution in [2.24, 2.45) is 0 Å². The molecule has 0 aliphatic heterocycles. The number of H-pyrrole nitrogens is 1. The first-order chi connectivity index (χ1) is 11.9. The van der Waals surface area contributed by atoms with Crippen LogP contribution in [0.5, 0.6) is 0 Å². The number of fused-ring (bicyclic) bond motifs is 1. The summed E-state index contributed by atoms with van der Waals surface area (Å²) in [5.74, 6) is -1.50. The first kappa shape index (κ1) is 17.5. The van der Waals surface area contributed by atoms with Gasteiger partial charge in [-0.15, -0.1) is 0 Å². The fraction of sp³-hybridized carbons (Fsp3) is 0.118. The van der Waals surface area contributed by atoms with Crippen LogP contribution in [0.4, 0.5) is 0 Å². The van der Waals surface area contributed by atoms with Gasteiger partial charge in [-0.2, -0.15) is 0 Å². The molecular formula is C17H14ClN2O4S-. The van der Waals surface area contributed by atoms with Crippen LogP contribution >= 0.6 is 11.6 Å². The summed E-state index contributed by atoms with van der Waals surface area (Å²) in [5, 5.41) is 12.7. The second-order valence-electron chi connectivity index (χ2n) is 5.51. The van der Waals surface area contributed by atoms with E-state index in [0.29, 0.717) is 10.6 Å². The molecule has 6 nitrogen and oxygen atoms in total. The Morgan fingerprint density at radius 3 is 2.52 bits per heavy atom. The molecule has 0 radical (unpaired) electrons. The monoisotopic (exact) mass is 377 g/mol. The third-order valence-corrected chi connectivity index (χ3v) is 5.54. The van der Waals surface area contributed by atoms with Crippen LogP contribution in [-0.4, -0.2) is 25.4 Å². The summed E-state index contributed by atoms with van der Waals surface area (Å²) >= 11 is 5.75. The fourth-order valence-electron chi connectivity index (χ4n) is 2.56. The minimum Gasteiger partial charge on any atom is -0.548 e. The summed E-state index contributed by atoms with van der Waals surface area (Å²) in [6, 6.07) is 11.4. The van der Waals surface area contributed by atoms with Crippen LogP contribution in [0.3, 0.4) is 0 Å². The van der Waals surface area contributed by atoms with Crippen molar-refractivity contribution in [3.8, 4) is 0 Å². The zero-order valence-electron chi connectivity index (χ0n) is 12.9. The Balaban J connectivity index is 1.86. The van der Waals surface area contributed by atoms with Gasteiger partial charge in [0.1, 0.15) is 0 Å². The molecule has 1 heterocycles. The Morgan fingerprint density at radius 1 is 1.16 bits per heavy atom. The zero-order valence-corrected chi connectivity index (χ0v) is 14.5. The lowest BCUT2D eigenvalue weighted by molar-refractivity contribution is -0.307. The van der Waals surface area contributed by atoms with E-state index in [1.165, 1.54) is 24.3 Å². The lowest BCUT2D eigenvalue weighted by Gasteiger charge is -2.19. The van der Waals surface area contributed by atoms with Crippen LogP contribution in [0.1, 0.15) is 5.56 Å². The van der Waals surface area contributed by atoms with E-state index >= 15 is 0 Å². The van der Waals surface area contributed by atoms with E-state index in [4.69, 9.17) is 11.6 Å². The molecule has 3 rings (SSSR count). The topological polar surface area (TPSA) is 102 Å². The second kappa shape index (κ2) is 6.87. The van der Waals surface area contributed by atoms with Gasteiger partial charge in [-0.3, -0.25) is 0 Å². The van der Waals surface area contributed by atoms with Crippen LogP contribution in [0.2, 0.25) is 5.02 Å². The van der Waals surface area contributed by atoms with Crippen LogP contribution in [0, 0.1) is 0 Å². The number of aromatic amines is 1. The van der Waals surface area contributed by atoms with Gasteiger partial charge in [-0.1, -0.05) is 29.8 Å². The number of aliphatic carboxylic acids is 1. The number of carboxylic acid groups (broad SMARTS) is 1. The first-order valence-electron chi connectivity index (χ1n) is 7.40. The van der Waals surface area contributed by atoms with Crippen molar-refractivity contribution in [1.29, 1.82) is 0 Å². The van der Waals surface area contributed by atoms with Crippen LogP contribution in [0.25, 0.3) is 10.9 Å². The SMILES string of the molecule is O=C([O-])[C@@H](Cc1c[nH]c2ccccc12)NS(=O)(=O)c1ccc(Cl)cc1. The van der Waals surface area contributed by atoms with Gasteiger partial charge in [0.15, 0.2) is 0 Å². The highest BCUT2D eigenvalue weighted by Crippen LogP contribution is 2.20. The first-order valence-corrected chi connectivity index (χ1v) is 9.27. The summed E-state index contributed by atoms with van der Waals surface area (Å²) in [4.78, 5) is 14.4. The quantitative estimate of drug-likeness (QED) is 0.678. The number of sulfonamides is 1. The molecule has 0 aliphatic rings. The number of benzene rings is 2. The predicted molar refractivity (Wildman–Crippen MR) is 92.6 cm³/mol. The predicted octanol–water partition coefficient (Wildman–Crippen LogP) is 1.46. The number of carboxylic acids is 1. The summed E-state index contributed by atoms with van der Waals surface area (Å²) < 4.78 is 27.0. The number of carbonyl (C=O) groups is 1. The van der Waals surface area contributed by atoms with Crippen molar-refractivity contribution in [2.45, 2.75) is 17.4 Å². The maximum absolute atomic E-state index is 12.4. The largest absolute Gasteiger partial charge is 0.548 e. The van der Waals surface area contributed by atoms with Crippen molar-refractivity contribution < 1.29 is 18.3 Å². The highest BCUT2D eigenvalue weighted by Gasteiger charge is 2.22. The maximum atomic E-state index is 12.4. The Kier molecular flexibility index (Phi) is 4.80. The number of halogens is 1. The molecule has 1 aromatic heterocycles. The number of nitrogens with one attached hydrogen (secondary N) is 2. The molecule has 0 fully saturated rings. The molecule has 130 valence electrons. The third kappa shape index (κ3) is 3.84. The van der Waals surface area contributed by atoms with Gasteiger partial charge in [0.05, 0.1) is 16.9 Å². The highest BCUT2D eigenvalue weighted by molar-refractivity contribution is 7.89. The van der Waals surface area contributed by atoms with E-state index in [1.54, 1.807) is 6.20 Å². The molecule has 1 atom stereocenters. The summed E-state index contributed by atoms with van der Waals surface area (Å²) in [5.41, 5.74) is 1.53. The average molecular weight is 378 g/mol. The fourth-order valence-corrected chi connectivity index (χ4v) is 3.87. The molecule has 2 N–H and O–H groups in total. The van der Waals surface area contributed by atoms with Gasteiger partial charge in [0, 0.05) is 22.1 Å². The van der Waals surface area contributed by atoms with Gasteiger partial charge in [0.2, 0.25) is 10.0 Å². The molecule has 0 bridgehead atoms. The van der Waals surface area contributed by atoms with Crippen molar-refractivity contribution in [3.63, 3.8) is 0 Å². The minimum atomic E-state index is -4.02. The van der Waals surface area contributed by atoms with E-state index in [2.05, 4.69) is 9.71 Å². The maximum Gasteiger partial charge on any atom is 0.241 e. The molecule has 0 saturated heterocycles. The Hall–Kier alpha value is -2.35. The Labute approximate surface area is 149 Å². The lowest BCUT2D eigenvalue weighted by atomic mass is 10.1. The van der Waals surface area contributed by atoms with Gasteiger partial charge >= 0.3 is 0 Å². The summed E-state index contributed by atoms with van der Waals surface area (Å²) in [6.45, 7) is 0. The number of para-hydroxylation sites is 1. The van der Waals surface area contributed by atoms with Crippen LogP contribution in [-0.2, 0) is 21.2 Å². The Morgan fingerprint density at radius 2 is 1.84 bits per heavy atom. The number of carbonyl (C=O) groups excluding carboxylic acids is 1. The molecule has 8 heteroatoms. The molecule has 0 aliphatic carbocycles.